The van der Waals surface area contributed by atoms with Crippen molar-refractivity contribution >= 4 is 5.78 Å². The van der Waals surface area contributed by atoms with Gasteiger partial charge in [0.1, 0.15) is 0 Å². The van der Waals surface area contributed by atoms with Crippen LogP contribution in [0.15, 0.2) is 48.5 Å². The Morgan fingerprint density at radius 3 is 2.46 bits per heavy atom. The Bertz CT molecular complexity index is 968. The molecule has 1 aromatic heterocycles. The molecule has 0 bridgehead atoms. The first kappa shape index (κ1) is 18.6. The number of fused-ring (bicyclic) bond motifs is 1. The molecule has 1 aliphatic rings. The number of carbonyl (C=O) groups is 1. The number of aromatic nitrogens is 2. The predicted molar refractivity (Wildman–Crippen MR) is 113 cm³/mol. The molecule has 0 unspecified atom stereocenters. The second kappa shape index (κ2) is 8.11. The Balaban J connectivity index is 1.68. The number of ketones is 1. The summed E-state index contributed by atoms with van der Waals surface area (Å²) in [6.07, 6.45) is 2.53. The molecule has 3 aromatic rings. The van der Waals surface area contributed by atoms with Gasteiger partial charge < -0.3 is 5.32 Å². The van der Waals surface area contributed by atoms with Crippen molar-refractivity contribution in [1.82, 2.24) is 15.1 Å². The van der Waals surface area contributed by atoms with Crippen molar-refractivity contribution in [3.05, 3.63) is 76.5 Å². The highest BCUT2D eigenvalue weighted by atomic mass is 16.1. The second-order valence-corrected chi connectivity index (χ2v) is 7.52. The van der Waals surface area contributed by atoms with Crippen LogP contribution >= 0.6 is 0 Å². The Morgan fingerprint density at radius 2 is 1.75 bits per heavy atom. The molecule has 0 radical (unpaired) electrons. The van der Waals surface area contributed by atoms with E-state index >= 15 is 0 Å². The fourth-order valence-corrected chi connectivity index (χ4v) is 3.87. The van der Waals surface area contributed by atoms with Gasteiger partial charge in [0.25, 0.3) is 0 Å². The van der Waals surface area contributed by atoms with Gasteiger partial charge in [-0.15, -0.1) is 0 Å². The van der Waals surface area contributed by atoms with Gasteiger partial charge in [0.15, 0.2) is 5.78 Å². The number of Topliss-reactive ketones (excluding diaryl/α,β-unsaturated/α-hetero) is 1. The van der Waals surface area contributed by atoms with Gasteiger partial charge in [-0.3, -0.25) is 9.48 Å². The lowest BCUT2D eigenvalue weighted by Gasteiger charge is -2.08. The summed E-state index contributed by atoms with van der Waals surface area (Å²) < 4.78 is 2.16. The first-order chi connectivity index (χ1) is 13.7. The molecule has 2 heterocycles. The topological polar surface area (TPSA) is 46.9 Å². The predicted octanol–water partition coefficient (Wildman–Crippen LogP) is 4.19. The maximum absolute atomic E-state index is 11.9. The molecule has 1 N–H and O–H groups in total. The van der Waals surface area contributed by atoms with Crippen LogP contribution < -0.4 is 5.32 Å². The highest BCUT2D eigenvalue weighted by molar-refractivity contribution is 5.95. The lowest BCUT2D eigenvalue weighted by molar-refractivity contribution is 0.0988. The summed E-state index contributed by atoms with van der Waals surface area (Å²) in [5, 5.41) is 8.53. The minimum absolute atomic E-state index is 0.187. The summed E-state index contributed by atoms with van der Waals surface area (Å²) in [4.78, 5) is 11.9. The molecule has 0 aliphatic carbocycles. The summed E-state index contributed by atoms with van der Waals surface area (Å²) in [5.41, 5.74) is 8.21. The highest BCUT2D eigenvalue weighted by Crippen LogP contribution is 2.28. The molecule has 0 spiro atoms. The number of aryl methyl sites for hydroxylation is 1. The summed E-state index contributed by atoms with van der Waals surface area (Å²) in [5.74, 6) is 0.187. The average molecular weight is 374 g/mol. The molecule has 4 rings (SSSR count). The Hall–Kier alpha value is -2.72. The third-order valence-electron chi connectivity index (χ3n) is 5.51. The van der Waals surface area contributed by atoms with Crippen LogP contribution in [-0.2, 0) is 19.4 Å². The lowest BCUT2D eigenvalue weighted by Crippen LogP contribution is -2.17. The number of hydrogen-bond acceptors (Lipinski definition) is 3. The first-order valence-electron chi connectivity index (χ1n) is 10.1. The summed E-state index contributed by atoms with van der Waals surface area (Å²) in [6.45, 7) is 6.71. The average Bonchev–Trinajstić information content (AvgIpc) is 2.90. The van der Waals surface area contributed by atoms with Gasteiger partial charge in [0, 0.05) is 41.8 Å². The van der Waals surface area contributed by atoms with E-state index in [1.165, 1.54) is 27.9 Å². The molecule has 0 atom stereocenters. The van der Waals surface area contributed by atoms with Gasteiger partial charge in [0.2, 0.25) is 0 Å². The van der Waals surface area contributed by atoms with Crippen molar-refractivity contribution in [2.75, 3.05) is 13.1 Å². The van der Waals surface area contributed by atoms with E-state index in [4.69, 9.17) is 5.10 Å². The van der Waals surface area contributed by atoms with Crippen LogP contribution in [0.2, 0.25) is 0 Å². The summed E-state index contributed by atoms with van der Waals surface area (Å²) >= 11 is 0. The summed E-state index contributed by atoms with van der Waals surface area (Å²) in [7, 11) is 0. The van der Waals surface area contributed by atoms with Gasteiger partial charge in [0.05, 0.1) is 12.2 Å². The van der Waals surface area contributed by atoms with E-state index in [-0.39, 0.29) is 5.78 Å². The standard InChI is InChI=1S/C24H27N3O/c1-3-23(28)19-10-6-18(7-11-19)16-27-22-13-15-25-14-12-21(22)24(26-27)20-8-4-17(2)5-9-20/h4-11,25H,3,12-16H2,1-2H3. The van der Waals surface area contributed by atoms with E-state index in [1.807, 2.05) is 19.1 Å². The van der Waals surface area contributed by atoms with E-state index in [1.54, 1.807) is 0 Å². The molecule has 0 fully saturated rings. The van der Waals surface area contributed by atoms with Crippen molar-refractivity contribution < 1.29 is 4.79 Å². The molecule has 0 amide bonds. The third-order valence-corrected chi connectivity index (χ3v) is 5.51. The highest BCUT2D eigenvalue weighted by Gasteiger charge is 2.20. The van der Waals surface area contributed by atoms with Gasteiger partial charge >= 0.3 is 0 Å². The van der Waals surface area contributed by atoms with Crippen molar-refractivity contribution in [3.63, 3.8) is 0 Å². The lowest BCUT2D eigenvalue weighted by atomic mass is 10.0. The SMILES string of the molecule is CCC(=O)c1ccc(Cn2nc(-c3ccc(C)cc3)c3c2CCNCC3)cc1. The molecule has 0 saturated carbocycles. The molecular weight excluding hydrogens is 346 g/mol. The van der Waals surface area contributed by atoms with Crippen LogP contribution in [0.4, 0.5) is 0 Å². The van der Waals surface area contributed by atoms with E-state index in [0.29, 0.717) is 6.42 Å². The molecule has 0 saturated heterocycles. The van der Waals surface area contributed by atoms with Crippen LogP contribution in [0.1, 0.15) is 46.1 Å². The van der Waals surface area contributed by atoms with Crippen LogP contribution in [0.5, 0.6) is 0 Å². The summed E-state index contributed by atoms with van der Waals surface area (Å²) in [6, 6.07) is 16.6. The fourth-order valence-electron chi connectivity index (χ4n) is 3.87. The number of nitrogens with zero attached hydrogens (tertiary/aromatic N) is 2. The monoisotopic (exact) mass is 373 g/mol. The minimum atomic E-state index is 0.187. The maximum Gasteiger partial charge on any atom is 0.162 e. The smallest absolute Gasteiger partial charge is 0.162 e. The Labute approximate surface area is 166 Å². The van der Waals surface area contributed by atoms with Gasteiger partial charge in [-0.2, -0.15) is 5.10 Å². The van der Waals surface area contributed by atoms with Crippen molar-refractivity contribution in [2.24, 2.45) is 0 Å². The first-order valence-corrected chi connectivity index (χ1v) is 10.1. The largest absolute Gasteiger partial charge is 0.316 e. The molecule has 28 heavy (non-hydrogen) atoms. The van der Waals surface area contributed by atoms with E-state index in [2.05, 4.69) is 53.3 Å². The molecule has 2 aromatic carbocycles. The normalized spacial score (nSPS) is 13.8. The molecule has 144 valence electrons. The van der Waals surface area contributed by atoms with Crippen molar-refractivity contribution in [2.45, 2.75) is 39.7 Å². The fraction of sp³-hybridized carbons (Fsp3) is 0.333. The quantitative estimate of drug-likeness (QED) is 0.682. The number of carbonyl (C=O) groups excluding carboxylic acids is 1. The molecular formula is C24H27N3O. The van der Waals surface area contributed by atoms with Crippen molar-refractivity contribution in [3.8, 4) is 11.3 Å². The zero-order valence-electron chi connectivity index (χ0n) is 16.7. The zero-order chi connectivity index (χ0) is 19.5. The number of hydrogen-bond donors (Lipinski definition) is 1. The zero-order valence-corrected chi connectivity index (χ0v) is 16.7. The molecule has 4 nitrogen and oxygen atoms in total. The van der Waals surface area contributed by atoms with E-state index < -0.39 is 0 Å². The van der Waals surface area contributed by atoms with Gasteiger partial charge in [-0.05, 0) is 25.5 Å². The van der Waals surface area contributed by atoms with Crippen LogP contribution in [0, 0.1) is 6.92 Å². The van der Waals surface area contributed by atoms with E-state index in [9.17, 15) is 4.79 Å². The van der Waals surface area contributed by atoms with Crippen LogP contribution in [0.25, 0.3) is 11.3 Å². The van der Waals surface area contributed by atoms with Crippen molar-refractivity contribution in [1.29, 1.82) is 0 Å². The number of rotatable bonds is 5. The van der Waals surface area contributed by atoms with Gasteiger partial charge in [-0.1, -0.05) is 61.0 Å². The molecule has 1 aliphatic heterocycles. The number of benzene rings is 2. The maximum atomic E-state index is 11.9. The molecule has 4 heteroatoms. The number of nitrogens with one attached hydrogen (secondary N) is 1. The van der Waals surface area contributed by atoms with E-state index in [0.717, 1.165) is 43.7 Å². The van der Waals surface area contributed by atoms with Crippen LogP contribution in [0.3, 0.4) is 0 Å². The Kier molecular flexibility index (Phi) is 5.40. The Morgan fingerprint density at radius 1 is 1.04 bits per heavy atom. The minimum Gasteiger partial charge on any atom is -0.316 e. The van der Waals surface area contributed by atoms with Gasteiger partial charge in [-0.25, -0.2) is 0 Å². The second-order valence-electron chi connectivity index (χ2n) is 7.52. The third kappa shape index (κ3) is 3.78. The van der Waals surface area contributed by atoms with Crippen LogP contribution in [-0.4, -0.2) is 28.7 Å².